The minimum absolute atomic E-state index is 0.214. The normalized spacial score (nSPS) is 23.0. The zero-order chi connectivity index (χ0) is 14.6. The maximum Gasteiger partial charge on any atom is 0.119 e. The molecule has 20 heavy (non-hydrogen) atoms. The molecule has 0 heterocycles. The first-order chi connectivity index (χ1) is 9.49. The molecule has 0 amide bonds. The van der Waals surface area contributed by atoms with Crippen LogP contribution in [0.3, 0.4) is 0 Å². The van der Waals surface area contributed by atoms with Crippen LogP contribution in [0.15, 0.2) is 24.3 Å². The van der Waals surface area contributed by atoms with E-state index < -0.39 is 0 Å². The number of hydrogen-bond donors (Lipinski definition) is 1. The fourth-order valence-corrected chi connectivity index (χ4v) is 3.14. The van der Waals surface area contributed by atoms with Gasteiger partial charge in [-0.1, -0.05) is 18.6 Å². The lowest BCUT2D eigenvalue weighted by atomic mass is 9.88. The minimum atomic E-state index is 0.214. The lowest BCUT2D eigenvalue weighted by molar-refractivity contribution is 0.339. The molecular weight excluding hydrogens is 246 g/mol. The van der Waals surface area contributed by atoms with Gasteiger partial charge in [0.1, 0.15) is 5.75 Å². The Morgan fingerprint density at radius 1 is 1.15 bits per heavy atom. The predicted octanol–water partition coefficient (Wildman–Crippen LogP) is 4.36. The van der Waals surface area contributed by atoms with Crippen LogP contribution in [0.4, 0.5) is 0 Å². The summed E-state index contributed by atoms with van der Waals surface area (Å²) in [5.41, 5.74) is 1.69. The summed E-state index contributed by atoms with van der Waals surface area (Å²) in [7, 11) is 0. The number of rotatable bonds is 5. The van der Waals surface area contributed by atoms with Gasteiger partial charge in [0.25, 0.3) is 0 Å². The van der Waals surface area contributed by atoms with Gasteiger partial charge in [-0.3, -0.25) is 0 Å². The smallest absolute Gasteiger partial charge is 0.119 e. The van der Waals surface area contributed by atoms with E-state index >= 15 is 0 Å². The first-order valence-corrected chi connectivity index (χ1v) is 7.97. The summed E-state index contributed by atoms with van der Waals surface area (Å²) in [6.07, 6.45) is 4.03. The highest BCUT2D eigenvalue weighted by atomic mass is 16.5. The van der Waals surface area contributed by atoms with E-state index in [4.69, 9.17) is 4.74 Å². The third-order valence-electron chi connectivity index (χ3n) is 4.17. The Labute approximate surface area is 123 Å². The maximum absolute atomic E-state index is 5.53. The molecule has 2 heteroatoms. The Hall–Kier alpha value is -1.02. The van der Waals surface area contributed by atoms with Crippen LogP contribution in [0.5, 0.6) is 5.75 Å². The van der Waals surface area contributed by atoms with Crippen molar-refractivity contribution in [3.8, 4) is 5.75 Å². The molecule has 0 radical (unpaired) electrons. The molecule has 112 valence electrons. The average molecular weight is 275 g/mol. The molecule has 0 spiro atoms. The lowest BCUT2D eigenvalue weighted by Crippen LogP contribution is -2.39. The molecule has 0 aliphatic heterocycles. The van der Waals surface area contributed by atoms with Gasteiger partial charge >= 0.3 is 0 Å². The summed E-state index contributed by atoms with van der Waals surface area (Å²) in [5, 5.41) is 3.67. The fourth-order valence-electron chi connectivity index (χ4n) is 3.14. The molecule has 1 aromatic carbocycles. The van der Waals surface area contributed by atoms with E-state index in [1.807, 2.05) is 6.92 Å². The Kier molecular flexibility index (Phi) is 5.09. The van der Waals surface area contributed by atoms with Crippen molar-refractivity contribution >= 4 is 0 Å². The van der Waals surface area contributed by atoms with Crippen molar-refractivity contribution < 1.29 is 4.74 Å². The molecule has 1 aromatic rings. The molecule has 2 nitrogen and oxygen atoms in total. The number of benzene rings is 1. The quantitative estimate of drug-likeness (QED) is 0.862. The van der Waals surface area contributed by atoms with Crippen molar-refractivity contribution in [3.05, 3.63) is 29.8 Å². The van der Waals surface area contributed by atoms with Gasteiger partial charge in [0.05, 0.1) is 6.61 Å². The molecule has 1 aliphatic carbocycles. The zero-order valence-corrected chi connectivity index (χ0v) is 13.4. The second kappa shape index (κ2) is 6.62. The molecule has 2 unspecified atom stereocenters. The number of hydrogen-bond acceptors (Lipinski definition) is 2. The second-order valence-electron chi connectivity index (χ2n) is 6.93. The highest BCUT2D eigenvalue weighted by molar-refractivity contribution is 5.30. The first kappa shape index (κ1) is 15.4. The minimum Gasteiger partial charge on any atom is -0.494 e. The van der Waals surface area contributed by atoms with Gasteiger partial charge in [-0.2, -0.15) is 0 Å². The third kappa shape index (κ3) is 4.24. The molecule has 1 saturated carbocycles. The highest BCUT2D eigenvalue weighted by Gasteiger charge is 2.29. The predicted molar refractivity (Wildman–Crippen MR) is 85.4 cm³/mol. The first-order valence-electron chi connectivity index (χ1n) is 7.97. The molecule has 0 saturated heterocycles. The third-order valence-corrected chi connectivity index (χ3v) is 4.17. The van der Waals surface area contributed by atoms with Gasteiger partial charge in [0.2, 0.25) is 0 Å². The van der Waals surface area contributed by atoms with Gasteiger partial charge in [0, 0.05) is 5.54 Å². The molecule has 1 N–H and O–H groups in total. The molecule has 2 rings (SSSR count). The van der Waals surface area contributed by atoms with E-state index in [9.17, 15) is 0 Å². The summed E-state index contributed by atoms with van der Waals surface area (Å²) in [6.45, 7) is 10.6. The Balaban J connectivity index is 1.99. The molecule has 1 aliphatic rings. The van der Waals surface area contributed by atoms with E-state index in [-0.39, 0.29) is 5.54 Å². The summed E-state index contributed by atoms with van der Waals surface area (Å²) in [5.74, 6) is 2.46. The Morgan fingerprint density at radius 3 is 2.45 bits per heavy atom. The Morgan fingerprint density at radius 2 is 1.85 bits per heavy atom. The van der Waals surface area contributed by atoms with Gasteiger partial charge in [-0.15, -0.1) is 0 Å². The molecule has 1 fully saturated rings. The van der Waals surface area contributed by atoms with Crippen molar-refractivity contribution in [1.82, 2.24) is 5.32 Å². The summed E-state index contributed by atoms with van der Waals surface area (Å²) in [4.78, 5) is 0. The Bertz CT molecular complexity index is 404. The largest absolute Gasteiger partial charge is 0.494 e. The number of nitrogens with one attached hydrogen (secondary N) is 1. The summed E-state index contributed by atoms with van der Waals surface area (Å²) in [6, 6.07) is 8.74. The van der Waals surface area contributed by atoms with Crippen molar-refractivity contribution in [1.29, 1.82) is 0 Å². The second-order valence-corrected chi connectivity index (χ2v) is 6.93. The lowest BCUT2D eigenvalue weighted by Gasteiger charge is -2.26. The van der Waals surface area contributed by atoms with E-state index in [1.165, 1.54) is 24.8 Å². The monoisotopic (exact) mass is 275 g/mol. The maximum atomic E-state index is 5.53. The van der Waals surface area contributed by atoms with Crippen molar-refractivity contribution in [2.45, 2.75) is 58.4 Å². The van der Waals surface area contributed by atoms with Crippen molar-refractivity contribution in [2.75, 3.05) is 13.2 Å². The van der Waals surface area contributed by atoms with Crippen LogP contribution < -0.4 is 10.1 Å². The van der Waals surface area contributed by atoms with E-state index in [0.717, 1.165) is 24.8 Å². The number of ether oxygens (including phenoxy) is 1. The van der Waals surface area contributed by atoms with Gasteiger partial charge in [-0.05, 0) is 76.6 Å². The van der Waals surface area contributed by atoms with Crippen LogP contribution in [0.1, 0.15) is 58.4 Å². The van der Waals surface area contributed by atoms with Crippen LogP contribution in [-0.4, -0.2) is 18.7 Å². The highest BCUT2D eigenvalue weighted by Crippen LogP contribution is 2.39. The van der Waals surface area contributed by atoms with Crippen LogP contribution >= 0.6 is 0 Å². The topological polar surface area (TPSA) is 21.3 Å². The fraction of sp³-hybridized carbons (Fsp3) is 0.667. The molecule has 2 atom stereocenters. The van der Waals surface area contributed by atoms with Crippen LogP contribution in [0.25, 0.3) is 0 Å². The van der Waals surface area contributed by atoms with Gasteiger partial charge in [-0.25, -0.2) is 0 Å². The SMILES string of the molecule is CCOc1ccc(C2CCCC2CNC(C)(C)C)cc1. The van der Waals surface area contributed by atoms with Crippen molar-refractivity contribution in [2.24, 2.45) is 5.92 Å². The summed E-state index contributed by atoms with van der Waals surface area (Å²) < 4.78 is 5.53. The van der Waals surface area contributed by atoms with Crippen LogP contribution in [0, 0.1) is 5.92 Å². The van der Waals surface area contributed by atoms with Gasteiger partial charge in [0.15, 0.2) is 0 Å². The summed E-state index contributed by atoms with van der Waals surface area (Å²) >= 11 is 0. The van der Waals surface area contributed by atoms with E-state index in [2.05, 4.69) is 50.4 Å². The average Bonchev–Trinajstić information content (AvgIpc) is 2.85. The molecule has 0 aromatic heterocycles. The van der Waals surface area contributed by atoms with E-state index in [0.29, 0.717) is 5.92 Å². The van der Waals surface area contributed by atoms with E-state index in [1.54, 1.807) is 0 Å². The zero-order valence-electron chi connectivity index (χ0n) is 13.4. The van der Waals surface area contributed by atoms with Gasteiger partial charge < -0.3 is 10.1 Å². The van der Waals surface area contributed by atoms with Crippen molar-refractivity contribution in [3.63, 3.8) is 0 Å². The van der Waals surface area contributed by atoms with Crippen LogP contribution in [0.2, 0.25) is 0 Å². The molecular formula is C18H29NO. The molecule has 0 bridgehead atoms. The standard InChI is InChI=1S/C18H29NO/c1-5-20-16-11-9-14(10-12-16)17-8-6-7-15(17)13-19-18(2,3)4/h9-12,15,17,19H,5-8,13H2,1-4H3. The van der Waals surface area contributed by atoms with Crippen LogP contribution in [-0.2, 0) is 0 Å².